The first-order chi connectivity index (χ1) is 17.9. The van der Waals surface area contributed by atoms with Crippen molar-refractivity contribution in [1.82, 2.24) is 24.7 Å². The van der Waals surface area contributed by atoms with Gasteiger partial charge in [0.1, 0.15) is 11.4 Å². The van der Waals surface area contributed by atoms with Gasteiger partial charge < -0.3 is 10.6 Å². The van der Waals surface area contributed by atoms with Crippen molar-refractivity contribution in [3.05, 3.63) is 54.6 Å². The molecule has 0 unspecified atom stereocenters. The van der Waals surface area contributed by atoms with E-state index in [0.717, 1.165) is 31.3 Å². The van der Waals surface area contributed by atoms with E-state index in [-0.39, 0.29) is 21.5 Å². The number of amides is 1. The molecule has 0 radical (unpaired) electrons. The average molecular weight is 520 g/mol. The fourth-order valence-electron chi connectivity index (χ4n) is 5.78. The summed E-state index contributed by atoms with van der Waals surface area (Å²) >= 11 is 0. The molecule has 2 N–H and O–H groups in total. The van der Waals surface area contributed by atoms with Crippen LogP contribution in [0.2, 0.25) is 0 Å². The molecule has 0 atom stereocenters. The van der Waals surface area contributed by atoms with E-state index in [1.807, 2.05) is 24.3 Å². The molecular weight excluding hydrogens is 490 g/mol. The molecule has 2 aromatic heterocycles. The van der Waals surface area contributed by atoms with Gasteiger partial charge in [0, 0.05) is 18.5 Å². The van der Waals surface area contributed by atoms with Crippen molar-refractivity contribution in [3.8, 4) is 0 Å². The molecule has 37 heavy (non-hydrogen) atoms. The minimum Gasteiger partial charge on any atom is -0.368 e. The third kappa shape index (κ3) is 3.84. The topological polar surface area (TPSA) is 127 Å². The van der Waals surface area contributed by atoms with Gasteiger partial charge in [0.15, 0.2) is 5.65 Å². The van der Waals surface area contributed by atoms with Crippen LogP contribution in [0, 0.1) is 0 Å². The summed E-state index contributed by atoms with van der Waals surface area (Å²) in [5.74, 6) is 0.394. The van der Waals surface area contributed by atoms with Gasteiger partial charge in [-0.2, -0.15) is 4.52 Å². The van der Waals surface area contributed by atoms with E-state index in [9.17, 15) is 13.2 Å². The quantitative estimate of drug-likeness (QED) is 0.426. The van der Waals surface area contributed by atoms with E-state index < -0.39 is 15.4 Å². The van der Waals surface area contributed by atoms with Crippen LogP contribution in [0.4, 0.5) is 5.82 Å². The highest BCUT2D eigenvalue weighted by Crippen LogP contribution is 2.36. The molecule has 192 valence electrons. The van der Waals surface area contributed by atoms with Crippen molar-refractivity contribution < 1.29 is 13.2 Å². The van der Waals surface area contributed by atoms with Crippen LogP contribution in [-0.4, -0.2) is 70.8 Å². The number of nitrogens with two attached hydrogens (primary N) is 1. The first-order valence-corrected chi connectivity index (χ1v) is 14.1. The summed E-state index contributed by atoms with van der Waals surface area (Å²) in [5.41, 5.74) is 6.23. The monoisotopic (exact) mass is 519 g/mol. The second kappa shape index (κ2) is 9.07. The number of likely N-dealkylation sites (tertiary alicyclic amines) is 1. The Labute approximate surface area is 215 Å². The summed E-state index contributed by atoms with van der Waals surface area (Å²) in [6.07, 6.45) is 4.52. The van der Waals surface area contributed by atoms with Gasteiger partial charge in [-0.1, -0.05) is 42.0 Å². The summed E-state index contributed by atoms with van der Waals surface area (Å²) in [6, 6.07) is 15.8. The molecule has 2 saturated heterocycles. The number of benzene rings is 2. The highest BCUT2D eigenvalue weighted by Gasteiger charge is 2.45. The standard InChI is InChI=1S/C26H29N7O3S/c27-25(34)26(32-15-7-2-8-16-32)13-17-31(18-14-26)22-20-11-5-6-12-21(20)33-23(28-22)24(29-30-33)37(35,36)19-9-3-1-4-10-19/h1,3-6,9-12H,2,7-8,13-18H2,(H2,27,34). The van der Waals surface area contributed by atoms with Crippen LogP contribution in [0.1, 0.15) is 32.1 Å². The van der Waals surface area contributed by atoms with E-state index in [2.05, 4.69) is 20.1 Å². The molecule has 2 fully saturated rings. The summed E-state index contributed by atoms with van der Waals surface area (Å²) in [5, 5.41) is 8.90. The predicted octanol–water partition coefficient (Wildman–Crippen LogP) is 2.42. The van der Waals surface area contributed by atoms with Gasteiger partial charge in [0.2, 0.25) is 20.8 Å². The molecule has 2 aliphatic rings. The lowest BCUT2D eigenvalue weighted by molar-refractivity contribution is -0.132. The van der Waals surface area contributed by atoms with E-state index in [4.69, 9.17) is 10.7 Å². The van der Waals surface area contributed by atoms with Crippen LogP contribution >= 0.6 is 0 Å². The predicted molar refractivity (Wildman–Crippen MR) is 139 cm³/mol. The normalized spacial score (nSPS) is 18.9. The Kier molecular flexibility index (Phi) is 5.84. The first kappa shape index (κ1) is 23.8. The number of para-hydroxylation sites is 1. The third-order valence-electron chi connectivity index (χ3n) is 7.82. The Morgan fingerprint density at radius 3 is 2.27 bits per heavy atom. The van der Waals surface area contributed by atoms with Gasteiger partial charge in [-0.25, -0.2) is 13.4 Å². The lowest BCUT2D eigenvalue weighted by Crippen LogP contribution is -2.63. The number of sulfone groups is 1. The number of aromatic nitrogens is 4. The zero-order chi connectivity index (χ0) is 25.6. The minimum atomic E-state index is -3.93. The highest BCUT2D eigenvalue weighted by molar-refractivity contribution is 7.91. The molecule has 0 saturated carbocycles. The second-order valence-electron chi connectivity index (χ2n) is 9.83. The Morgan fingerprint density at radius 2 is 1.57 bits per heavy atom. The number of fused-ring (bicyclic) bond motifs is 3. The number of rotatable bonds is 5. The van der Waals surface area contributed by atoms with Crippen LogP contribution in [-0.2, 0) is 14.6 Å². The largest absolute Gasteiger partial charge is 0.368 e. The second-order valence-corrected chi connectivity index (χ2v) is 11.7. The Morgan fingerprint density at radius 1 is 0.892 bits per heavy atom. The molecular formula is C26H29N7O3S. The number of hydrogen-bond donors (Lipinski definition) is 1. The molecule has 4 heterocycles. The molecule has 1 amide bonds. The van der Waals surface area contributed by atoms with Gasteiger partial charge in [-0.3, -0.25) is 9.69 Å². The SMILES string of the molecule is NC(=O)C1(N2CCCCC2)CCN(c2nc3c(S(=O)(=O)c4ccccc4)nnn3c3ccccc23)CC1. The number of anilines is 1. The molecule has 0 spiro atoms. The van der Waals surface area contributed by atoms with Crippen molar-refractivity contribution in [2.24, 2.45) is 5.73 Å². The fourth-order valence-corrected chi connectivity index (χ4v) is 7.04. The number of carbonyl (C=O) groups is 1. The minimum absolute atomic E-state index is 0.139. The van der Waals surface area contributed by atoms with Gasteiger partial charge in [0.05, 0.1) is 10.4 Å². The number of carbonyl (C=O) groups excluding carboxylic acids is 1. The maximum Gasteiger partial charge on any atom is 0.238 e. The van der Waals surface area contributed by atoms with Crippen molar-refractivity contribution in [3.63, 3.8) is 0 Å². The summed E-state index contributed by atoms with van der Waals surface area (Å²) in [7, 11) is -3.93. The van der Waals surface area contributed by atoms with Crippen LogP contribution in [0.25, 0.3) is 16.6 Å². The fraction of sp³-hybridized carbons (Fsp3) is 0.385. The molecule has 2 aromatic carbocycles. The molecule has 11 heteroatoms. The molecule has 6 rings (SSSR count). The summed E-state index contributed by atoms with van der Waals surface area (Å²) < 4.78 is 28.4. The summed E-state index contributed by atoms with van der Waals surface area (Å²) in [4.78, 5) is 22.1. The van der Waals surface area contributed by atoms with Crippen molar-refractivity contribution >= 4 is 38.1 Å². The lowest BCUT2D eigenvalue weighted by Gasteiger charge is -2.48. The van der Waals surface area contributed by atoms with Gasteiger partial charge in [-0.05, 0) is 63.0 Å². The zero-order valence-electron chi connectivity index (χ0n) is 20.5. The van der Waals surface area contributed by atoms with E-state index in [1.165, 1.54) is 23.1 Å². The highest BCUT2D eigenvalue weighted by atomic mass is 32.2. The zero-order valence-corrected chi connectivity index (χ0v) is 21.3. The average Bonchev–Trinajstić information content (AvgIpc) is 3.39. The maximum absolute atomic E-state index is 13.4. The molecule has 2 aliphatic heterocycles. The number of hydrogen-bond acceptors (Lipinski definition) is 8. The van der Waals surface area contributed by atoms with Crippen LogP contribution in [0.5, 0.6) is 0 Å². The lowest BCUT2D eigenvalue weighted by atomic mass is 9.83. The molecule has 0 aliphatic carbocycles. The summed E-state index contributed by atoms with van der Waals surface area (Å²) in [6.45, 7) is 2.93. The number of nitrogens with zero attached hydrogens (tertiary/aromatic N) is 6. The van der Waals surface area contributed by atoms with Gasteiger partial charge in [-0.15, -0.1) is 5.10 Å². The number of primary amides is 1. The van der Waals surface area contributed by atoms with Crippen molar-refractivity contribution in [1.29, 1.82) is 0 Å². The molecule has 0 bridgehead atoms. The Hall–Kier alpha value is -3.57. The molecule has 10 nitrogen and oxygen atoms in total. The van der Waals surface area contributed by atoms with Gasteiger partial charge in [0.25, 0.3) is 0 Å². The van der Waals surface area contributed by atoms with Crippen molar-refractivity contribution in [2.75, 3.05) is 31.1 Å². The van der Waals surface area contributed by atoms with E-state index in [0.29, 0.717) is 37.3 Å². The third-order valence-corrected chi connectivity index (χ3v) is 9.49. The van der Waals surface area contributed by atoms with Crippen LogP contribution < -0.4 is 10.6 Å². The number of piperidine rings is 2. The maximum atomic E-state index is 13.4. The Balaban J connectivity index is 1.42. The van der Waals surface area contributed by atoms with E-state index in [1.54, 1.807) is 18.2 Å². The first-order valence-electron chi connectivity index (χ1n) is 12.7. The smallest absolute Gasteiger partial charge is 0.238 e. The van der Waals surface area contributed by atoms with Crippen molar-refractivity contribution in [2.45, 2.75) is 47.6 Å². The van der Waals surface area contributed by atoms with Crippen LogP contribution in [0.3, 0.4) is 0 Å². The van der Waals surface area contributed by atoms with Gasteiger partial charge >= 0.3 is 0 Å². The Bertz CT molecular complexity index is 1570. The van der Waals surface area contributed by atoms with E-state index >= 15 is 0 Å². The van der Waals surface area contributed by atoms with Crippen LogP contribution in [0.15, 0.2) is 64.5 Å². The molecule has 4 aromatic rings.